The van der Waals surface area contributed by atoms with E-state index in [1.165, 1.54) is 32.7 Å². The molecule has 246 valence electrons. The number of halogens is 3. The molecule has 2 aliphatic carbocycles. The second kappa shape index (κ2) is 34.6. The Balaban J connectivity index is -0.000000111. The molecule has 0 aliphatic heterocycles. The van der Waals surface area contributed by atoms with Gasteiger partial charge in [-0.3, -0.25) is 4.79 Å². The number of carbonyl (C=O) groups is 2. The molecule has 0 bridgehead atoms. The molecule has 10 atom stereocenters. The van der Waals surface area contributed by atoms with Gasteiger partial charge >= 0.3 is 61.3 Å². The molecule has 0 aromatic carbocycles. The maximum Gasteiger partial charge on any atom is 0 e. The fraction of sp³-hybridized carbons (Fsp3) is 0.871. The van der Waals surface area contributed by atoms with Crippen molar-refractivity contribution < 1.29 is 81.5 Å². The van der Waals surface area contributed by atoms with Gasteiger partial charge in [0, 0.05) is 71.3 Å². The third-order valence-electron chi connectivity index (χ3n) is 8.98. The Kier molecular flexibility index (Phi) is 45.4. The number of carboxylic acid groups (broad SMARTS) is 1. The van der Waals surface area contributed by atoms with E-state index in [4.69, 9.17) is 12.2 Å². The van der Waals surface area contributed by atoms with E-state index in [0.29, 0.717) is 34.5 Å². The first-order valence-electron chi connectivity index (χ1n) is 15.0. The molecule has 1 amide bonds. The first kappa shape index (κ1) is 53.8. The molecule has 0 aromatic rings. The van der Waals surface area contributed by atoms with E-state index in [9.17, 15) is 9.59 Å². The Morgan fingerprint density at radius 1 is 0.829 bits per heavy atom. The van der Waals surface area contributed by atoms with Crippen LogP contribution in [0.1, 0.15) is 96.3 Å². The average molecular weight is 1070 g/mol. The zero-order chi connectivity index (χ0) is 32.7. The molecule has 0 heterocycles. The monoisotopic (exact) mass is 1070 g/mol. The van der Waals surface area contributed by atoms with Gasteiger partial charge in [-0.25, -0.2) is 0 Å². The van der Waals surface area contributed by atoms with E-state index in [0.717, 1.165) is 17.8 Å². The van der Waals surface area contributed by atoms with E-state index in [1.807, 2.05) is 13.8 Å². The summed E-state index contributed by atoms with van der Waals surface area (Å²) in [5.74, 6) is 4.44. The van der Waals surface area contributed by atoms with Gasteiger partial charge in [0.2, 0.25) is 0 Å². The quantitative estimate of drug-likeness (QED) is 0.163. The van der Waals surface area contributed by atoms with Gasteiger partial charge in [-0.05, 0) is 60.2 Å². The summed E-state index contributed by atoms with van der Waals surface area (Å²) in [4.78, 5) is 23.1. The van der Waals surface area contributed by atoms with Crippen LogP contribution in [0.15, 0.2) is 0 Å². The molecular formula is C31H63I3N2O3Y2-4. The summed E-state index contributed by atoms with van der Waals surface area (Å²) in [5, 5.41) is 12.8. The third kappa shape index (κ3) is 24.1. The number of hydrogen-bond donors (Lipinski definition) is 1. The minimum absolute atomic E-state index is 0. The predicted molar refractivity (Wildman–Crippen MR) is 201 cm³/mol. The molecule has 2 aliphatic rings. The summed E-state index contributed by atoms with van der Waals surface area (Å²) in [7, 11) is 2.85. The van der Waals surface area contributed by atoms with Gasteiger partial charge in [0.05, 0.1) is 11.8 Å². The topological polar surface area (TPSA) is 92.3 Å². The zero-order valence-electron chi connectivity index (χ0n) is 29.2. The summed E-state index contributed by atoms with van der Waals surface area (Å²) < 4.78 is 6.71. The van der Waals surface area contributed by atoms with Crippen molar-refractivity contribution in [3.05, 3.63) is 24.9 Å². The maximum absolute atomic E-state index is 11.5. The normalized spacial score (nSPS) is 27.1. The molecule has 10 heteroatoms. The van der Waals surface area contributed by atoms with Crippen LogP contribution in [0.3, 0.4) is 0 Å². The van der Waals surface area contributed by atoms with Gasteiger partial charge in [0.25, 0.3) is 0 Å². The summed E-state index contributed by atoms with van der Waals surface area (Å²) in [5.41, 5.74) is 5.75. The number of carboxylic acids is 1. The van der Waals surface area contributed by atoms with Crippen LogP contribution in [-0.2, 0) is 75.0 Å². The van der Waals surface area contributed by atoms with Crippen LogP contribution in [-0.4, -0.2) is 36.0 Å². The van der Waals surface area contributed by atoms with Gasteiger partial charge < -0.3 is 34.8 Å². The molecule has 0 aromatic heterocycles. The molecule has 2 N–H and O–H groups in total. The minimum Gasteiger partial charge on any atom is -0.346 e. The summed E-state index contributed by atoms with van der Waals surface area (Å²) in [6.45, 7) is 27.4. The molecule has 5 nitrogen and oxygen atoms in total. The molecule has 0 saturated heterocycles. The predicted octanol–water partition coefficient (Wildman–Crippen LogP) is 11.7. The van der Waals surface area contributed by atoms with Crippen LogP contribution in [0.2, 0.25) is 0 Å². The van der Waals surface area contributed by atoms with E-state index >= 15 is 0 Å². The van der Waals surface area contributed by atoms with Crippen molar-refractivity contribution in [1.82, 2.24) is 0 Å². The van der Waals surface area contributed by atoms with Crippen molar-refractivity contribution in [2.45, 2.75) is 94.9 Å². The van der Waals surface area contributed by atoms with Crippen LogP contribution < -0.4 is 0 Å². The first-order valence-corrected chi connectivity index (χ1v) is 28.4. The SMILES string of the molecule is CC(C(=O)O)C(C)[C@H]1CC[C@@H](C)[C@H]1C.C[N-]C(=O)C(C)C(C)[C@H]1CC[C@@H](C)[C@H]1C.C[NH-].[2H]CI(I)I.[CH2-]C.[CH2-]C.[Y].[Y]. The average Bonchev–Trinajstić information content (AvgIpc) is 3.49. The number of hydrogen-bond acceptors (Lipinski definition) is 2. The second-order valence-electron chi connectivity index (χ2n) is 10.6. The van der Waals surface area contributed by atoms with Crippen molar-refractivity contribution >= 4 is 61.0 Å². The van der Waals surface area contributed by atoms with E-state index in [2.05, 4.69) is 97.9 Å². The first-order chi connectivity index (χ1) is 18.7. The number of nitrogens with one attached hydrogen (secondary N) is 1. The largest absolute Gasteiger partial charge is 0.346 e. The third-order valence-corrected chi connectivity index (χ3v) is 8.98. The Labute approximate surface area is 335 Å². The van der Waals surface area contributed by atoms with Gasteiger partial charge in [-0.15, -0.1) is 7.05 Å². The number of rotatable bonds is 6. The van der Waals surface area contributed by atoms with Crippen LogP contribution in [0.25, 0.3) is 11.1 Å². The summed E-state index contributed by atoms with van der Waals surface area (Å²) in [6.07, 6.45) is 5.08. The number of carbonyl (C=O) groups excluding carboxylic acids is 1. The summed E-state index contributed by atoms with van der Waals surface area (Å²) >= 11 is 4.05. The van der Waals surface area contributed by atoms with Crippen molar-refractivity contribution in [3.63, 3.8) is 0 Å². The number of aliphatic carboxylic acids is 1. The number of alkyl halides is 1. The Morgan fingerprint density at radius 3 is 1.32 bits per heavy atom. The maximum atomic E-state index is 11.5. The van der Waals surface area contributed by atoms with Crippen LogP contribution in [0.5, 0.6) is 0 Å². The van der Waals surface area contributed by atoms with E-state index < -0.39 is 17.8 Å². The standard InChI is InChI=1S/C13H25NO.C12H22O2.2C2H5.CH3I3.CH4N.2Y/c1-8-6-7-12(9(8)2)10(3)11(4)13(15)14-5;1-7-5-6-11(8(7)2)9(3)10(4)12(13)14;2*1-2;1-4(2)3;1-2;;/h8-12H,6-7H2,1-5H3,(H,14,15);7-11H,5-6H2,1-4H3,(H,13,14);2*1H2,2H3;1H3;2H,1H3;;/q;;2*-1;;-1;;/p-1/t8-,9-,10?,11?,12+;7-,8-,9?,10?,11+;;;;;;/m11....../s1/i;;;;1D;;;. The van der Waals surface area contributed by atoms with Gasteiger partial charge in [-0.1, -0.05) is 68.2 Å². The number of amides is 1. The van der Waals surface area contributed by atoms with Crippen molar-refractivity contribution in [2.75, 3.05) is 19.0 Å². The second-order valence-corrected chi connectivity index (χ2v) is 35.7. The Morgan fingerprint density at radius 2 is 1.12 bits per heavy atom. The molecule has 2 fully saturated rings. The van der Waals surface area contributed by atoms with Crippen LogP contribution >= 0.6 is 49.1 Å². The Bertz CT molecular complexity index is 628. The molecule has 2 saturated carbocycles. The van der Waals surface area contributed by atoms with Gasteiger partial charge in [-0.2, -0.15) is 20.9 Å². The molecule has 4 unspecified atom stereocenters. The summed E-state index contributed by atoms with van der Waals surface area (Å²) in [6, 6.07) is 0. The van der Waals surface area contributed by atoms with Gasteiger partial charge in [0.15, 0.2) is 0 Å². The fourth-order valence-electron chi connectivity index (χ4n) is 5.68. The Hall–Kier alpha value is 3.30. The zero-order valence-corrected chi connectivity index (χ0v) is 40.4. The molecular weight excluding hydrogens is 1010 g/mol. The smallest absolute Gasteiger partial charge is 0 e. The molecule has 0 spiro atoms. The van der Waals surface area contributed by atoms with Gasteiger partial charge in [0.1, 0.15) is 0 Å². The van der Waals surface area contributed by atoms with Crippen molar-refractivity contribution in [3.8, 4) is 0 Å². The molecule has 41 heavy (non-hydrogen) atoms. The number of nitrogens with zero attached hydrogens (tertiary/aromatic N) is 1. The molecule has 2 rings (SSSR count). The van der Waals surface area contributed by atoms with E-state index in [1.54, 1.807) is 20.9 Å². The van der Waals surface area contributed by atoms with E-state index in [-0.39, 0.29) is 83.2 Å². The molecule has 2 radical (unpaired) electrons. The van der Waals surface area contributed by atoms with Crippen LogP contribution in [0, 0.1) is 73.0 Å². The van der Waals surface area contributed by atoms with Crippen molar-refractivity contribution in [1.29, 1.82) is 0 Å². The van der Waals surface area contributed by atoms with Crippen LogP contribution in [0.4, 0.5) is 0 Å². The van der Waals surface area contributed by atoms with Crippen molar-refractivity contribution in [2.24, 2.45) is 59.2 Å². The minimum atomic E-state index is -0.675. The fourth-order valence-corrected chi connectivity index (χ4v) is 5.68.